The van der Waals surface area contributed by atoms with Gasteiger partial charge in [0.1, 0.15) is 6.61 Å². The van der Waals surface area contributed by atoms with Crippen molar-refractivity contribution in [2.24, 2.45) is 5.73 Å². The Balaban J connectivity index is 2.95. The van der Waals surface area contributed by atoms with Crippen LogP contribution in [-0.2, 0) is 14.3 Å². The highest BCUT2D eigenvalue weighted by molar-refractivity contribution is 5.79. The monoisotopic (exact) mass is 175 g/mol. The van der Waals surface area contributed by atoms with Gasteiger partial charge < -0.3 is 15.2 Å². The number of Topliss-reactive ketones (excluding diaryl/α,β-unsaturated/α-hetero) is 1. The number of ketones is 1. The topological polar surface area (TPSA) is 61.5 Å². The largest absolute Gasteiger partial charge is 0.378 e. The zero-order chi connectivity index (χ0) is 9.23. The summed E-state index contributed by atoms with van der Waals surface area (Å²) in [4.78, 5) is 10.7. The predicted octanol–water partition coefficient (Wildman–Crippen LogP) is -0.0426. The molecule has 0 fully saturated rings. The van der Waals surface area contributed by atoms with Crippen molar-refractivity contribution >= 4 is 5.78 Å². The first-order valence-electron chi connectivity index (χ1n) is 4.18. The third-order valence-electron chi connectivity index (χ3n) is 1.29. The zero-order valence-corrected chi connectivity index (χ0v) is 7.54. The first-order chi connectivity index (χ1) is 5.81. The Hall–Kier alpha value is -0.450. The lowest BCUT2D eigenvalue weighted by atomic mass is 10.3. The van der Waals surface area contributed by atoms with E-state index in [0.29, 0.717) is 32.8 Å². The molecule has 0 radical (unpaired) electrons. The maximum Gasteiger partial charge on any atom is 0.158 e. The quantitative estimate of drug-likeness (QED) is 0.526. The van der Waals surface area contributed by atoms with E-state index in [0.717, 1.165) is 0 Å². The van der Waals surface area contributed by atoms with E-state index in [2.05, 4.69) is 0 Å². The van der Waals surface area contributed by atoms with Gasteiger partial charge in [-0.15, -0.1) is 0 Å². The minimum atomic E-state index is 0.119. The SMILES string of the molecule is CCC(=O)COCCOCCN. The summed E-state index contributed by atoms with van der Waals surface area (Å²) in [5, 5.41) is 0. The van der Waals surface area contributed by atoms with Crippen LogP contribution in [0, 0.1) is 0 Å². The standard InChI is InChI=1S/C8H17NO3/c1-2-8(10)7-12-6-5-11-4-3-9/h2-7,9H2,1H3. The van der Waals surface area contributed by atoms with Crippen LogP contribution in [0.5, 0.6) is 0 Å². The minimum absolute atomic E-state index is 0.119. The van der Waals surface area contributed by atoms with Gasteiger partial charge in [-0.2, -0.15) is 0 Å². The number of ether oxygens (including phenoxy) is 2. The second-order valence-electron chi connectivity index (χ2n) is 2.35. The summed E-state index contributed by atoms with van der Waals surface area (Å²) in [6.07, 6.45) is 0.531. The van der Waals surface area contributed by atoms with Crippen LogP contribution >= 0.6 is 0 Å². The Kier molecular flexibility index (Phi) is 8.32. The maximum absolute atomic E-state index is 10.7. The van der Waals surface area contributed by atoms with Gasteiger partial charge in [-0.1, -0.05) is 6.92 Å². The lowest BCUT2D eigenvalue weighted by Gasteiger charge is -2.02. The van der Waals surface area contributed by atoms with E-state index in [1.165, 1.54) is 0 Å². The fraction of sp³-hybridized carbons (Fsp3) is 0.875. The summed E-state index contributed by atoms with van der Waals surface area (Å²) in [6.45, 7) is 4.05. The molecule has 0 aliphatic rings. The van der Waals surface area contributed by atoms with Crippen LogP contribution in [0.4, 0.5) is 0 Å². The summed E-state index contributed by atoms with van der Waals surface area (Å²) >= 11 is 0. The summed E-state index contributed by atoms with van der Waals surface area (Å²) < 4.78 is 10.1. The normalized spacial score (nSPS) is 10.2. The van der Waals surface area contributed by atoms with Gasteiger partial charge in [0.05, 0.1) is 19.8 Å². The molecule has 72 valence electrons. The summed E-state index contributed by atoms with van der Waals surface area (Å²) in [5.41, 5.74) is 5.19. The number of hydrogen-bond acceptors (Lipinski definition) is 4. The Bertz CT molecular complexity index is 117. The van der Waals surface area contributed by atoms with Crippen LogP contribution < -0.4 is 5.73 Å². The van der Waals surface area contributed by atoms with Crippen LogP contribution in [0.25, 0.3) is 0 Å². The van der Waals surface area contributed by atoms with E-state index in [-0.39, 0.29) is 12.4 Å². The Morgan fingerprint density at radius 3 is 2.50 bits per heavy atom. The average molecular weight is 175 g/mol. The average Bonchev–Trinajstić information content (AvgIpc) is 2.10. The summed E-state index contributed by atoms with van der Waals surface area (Å²) in [5.74, 6) is 0.119. The smallest absolute Gasteiger partial charge is 0.158 e. The highest BCUT2D eigenvalue weighted by Gasteiger charge is 1.96. The lowest BCUT2D eigenvalue weighted by Crippen LogP contribution is -2.14. The molecule has 0 saturated carbocycles. The van der Waals surface area contributed by atoms with E-state index in [9.17, 15) is 4.79 Å². The molecule has 0 spiro atoms. The van der Waals surface area contributed by atoms with Crippen molar-refractivity contribution in [2.75, 3.05) is 33.0 Å². The molecule has 4 heteroatoms. The van der Waals surface area contributed by atoms with Gasteiger partial charge in [0.2, 0.25) is 0 Å². The molecule has 0 aromatic rings. The first kappa shape index (κ1) is 11.6. The second kappa shape index (κ2) is 8.64. The molecule has 0 amide bonds. The number of carbonyl (C=O) groups excluding carboxylic acids is 1. The van der Waals surface area contributed by atoms with Crippen molar-refractivity contribution in [1.29, 1.82) is 0 Å². The van der Waals surface area contributed by atoms with Crippen LogP contribution in [0.1, 0.15) is 13.3 Å². The van der Waals surface area contributed by atoms with Crippen molar-refractivity contribution in [2.45, 2.75) is 13.3 Å². The third kappa shape index (κ3) is 7.65. The fourth-order valence-corrected chi connectivity index (χ4v) is 0.591. The highest BCUT2D eigenvalue weighted by Crippen LogP contribution is 1.83. The zero-order valence-electron chi connectivity index (χ0n) is 7.54. The molecule has 0 atom stereocenters. The van der Waals surface area contributed by atoms with Gasteiger partial charge in [0.25, 0.3) is 0 Å². The molecule has 0 unspecified atom stereocenters. The first-order valence-corrected chi connectivity index (χ1v) is 4.18. The van der Waals surface area contributed by atoms with Crippen LogP contribution in [0.15, 0.2) is 0 Å². The van der Waals surface area contributed by atoms with Gasteiger partial charge in [-0.05, 0) is 0 Å². The molecule has 0 aromatic heterocycles. The number of carbonyl (C=O) groups is 1. The Labute approximate surface area is 73.0 Å². The number of nitrogens with two attached hydrogens (primary N) is 1. The summed E-state index contributed by atoms with van der Waals surface area (Å²) in [6, 6.07) is 0. The van der Waals surface area contributed by atoms with Gasteiger partial charge in [-0.25, -0.2) is 0 Å². The molecule has 12 heavy (non-hydrogen) atoms. The van der Waals surface area contributed by atoms with Gasteiger partial charge in [0, 0.05) is 13.0 Å². The summed E-state index contributed by atoms with van der Waals surface area (Å²) in [7, 11) is 0. The van der Waals surface area contributed by atoms with Crippen LogP contribution in [0.3, 0.4) is 0 Å². The van der Waals surface area contributed by atoms with Crippen LogP contribution in [0.2, 0.25) is 0 Å². The molecule has 2 N–H and O–H groups in total. The molecule has 0 aliphatic carbocycles. The molecule has 0 saturated heterocycles. The van der Waals surface area contributed by atoms with Crippen molar-refractivity contribution in [3.05, 3.63) is 0 Å². The Morgan fingerprint density at radius 2 is 1.92 bits per heavy atom. The van der Waals surface area contributed by atoms with E-state index < -0.39 is 0 Å². The van der Waals surface area contributed by atoms with Crippen molar-refractivity contribution in [3.8, 4) is 0 Å². The van der Waals surface area contributed by atoms with Crippen molar-refractivity contribution in [3.63, 3.8) is 0 Å². The molecule has 0 rings (SSSR count). The van der Waals surface area contributed by atoms with Crippen molar-refractivity contribution in [1.82, 2.24) is 0 Å². The van der Waals surface area contributed by atoms with Gasteiger partial charge in [0.15, 0.2) is 5.78 Å². The third-order valence-corrected chi connectivity index (χ3v) is 1.29. The predicted molar refractivity (Wildman–Crippen MR) is 46.0 cm³/mol. The molecular formula is C8H17NO3. The van der Waals surface area contributed by atoms with Gasteiger partial charge in [-0.3, -0.25) is 4.79 Å². The highest BCUT2D eigenvalue weighted by atomic mass is 16.5. The lowest BCUT2D eigenvalue weighted by molar-refractivity contribution is -0.123. The van der Waals surface area contributed by atoms with Gasteiger partial charge >= 0.3 is 0 Å². The maximum atomic E-state index is 10.7. The second-order valence-corrected chi connectivity index (χ2v) is 2.35. The molecule has 0 bridgehead atoms. The minimum Gasteiger partial charge on any atom is -0.378 e. The van der Waals surface area contributed by atoms with Crippen LogP contribution in [-0.4, -0.2) is 38.8 Å². The van der Waals surface area contributed by atoms with Crippen molar-refractivity contribution < 1.29 is 14.3 Å². The fourth-order valence-electron chi connectivity index (χ4n) is 0.591. The van der Waals surface area contributed by atoms with E-state index in [4.69, 9.17) is 15.2 Å². The molecule has 0 heterocycles. The van der Waals surface area contributed by atoms with E-state index in [1.54, 1.807) is 0 Å². The molecule has 0 aliphatic heterocycles. The molecular weight excluding hydrogens is 158 g/mol. The Morgan fingerprint density at radius 1 is 1.25 bits per heavy atom. The van der Waals surface area contributed by atoms with E-state index >= 15 is 0 Å². The van der Waals surface area contributed by atoms with E-state index in [1.807, 2.05) is 6.92 Å². The number of rotatable bonds is 8. The molecule has 0 aromatic carbocycles. The molecule has 4 nitrogen and oxygen atoms in total. The number of hydrogen-bond donors (Lipinski definition) is 1.